The van der Waals surface area contributed by atoms with Gasteiger partial charge in [0.1, 0.15) is 0 Å². The van der Waals surface area contributed by atoms with Gasteiger partial charge in [-0.25, -0.2) is 9.78 Å². The highest BCUT2D eigenvalue weighted by molar-refractivity contribution is 5.85. The third kappa shape index (κ3) is 4.45. The number of imidazole rings is 1. The van der Waals surface area contributed by atoms with Crippen LogP contribution < -0.4 is 5.32 Å². The molecule has 0 aliphatic carbocycles. The van der Waals surface area contributed by atoms with Gasteiger partial charge in [0.15, 0.2) is 5.69 Å². The van der Waals surface area contributed by atoms with Crippen molar-refractivity contribution in [3.63, 3.8) is 0 Å². The summed E-state index contributed by atoms with van der Waals surface area (Å²) >= 11 is 0. The van der Waals surface area contributed by atoms with Crippen molar-refractivity contribution >= 4 is 30.8 Å². The molecule has 0 fully saturated rings. The maximum atomic E-state index is 10.4. The number of aromatic nitrogens is 2. The van der Waals surface area contributed by atoms with Crippen LogP contribution in [0.2, 0.25) is 0 Å². The van der Waals surface area contributed by atoms with Crippen LogP contribution in [0.5, 0.6) is 0 Å². The largest absolute Gasteiger partial charge is 0.476 e. The van der Waals surface area contributed by atoms with Crippen molar-refractivity contribution in [1.82, 2.24) is 14.9 Å². The summed E-state index contributed by atoms with van der Waals surface area (Å²) in [6.07, 6.45) is 3.03. The lowest BCUT2D eigenvalue weighted by Crippen LogP contribution is -2.13. The second-order valence-corrected chi connectivity index (χ2v) is 2.41. The van der Waals surface area contributed by atoms with E-state index in [-0.39, 0.29) is 30.5 Å². The van der Waals surface area contributed by atoms with Crippen molar-refractivity contribution in [3.05, 3.63) is 18.2 Å². The summed E-state index contributed by atoms with van der Waals surface area (Å²) in [5.41, 5.74) is 0.0890. The number of hydrogen-bond donors (Lipinski definition) is 2. The topological polar surface area (TPSA) is 67.2 Å². The van der Waals surface area contributed by atoms with E-state index >= 15 is 0 Å². The number of likely N-dealkylation sites (N-methyl/N-ethyl adjacent to an activating group) is 1. The van der Waals surface area contributed by atoms with Crippen LogP contribution in [-0.2, 0) is 6.54 Å². The van der Waals surface area contributed by atoms with Crippen molar-refractivity contribution in [1.29, 1.82) is 0 Å². The molecular formula is C7H13Cl2N3O2. The van der Waals surface area contributed by atoms with E-state index < -0.39 is 5.97 Å². The van der Waals surface area contributed by atoms with Crippen LogP contribution in [0.1, 0.15) is 10.5 Å². The standard InChI is InChI=1S/C7H11N3O2.2ClH/c1-8-2-3-10-4-6(7(11)12)9-5-10;;/h4-5,8H,2-3H2,1H3,(H,11,12);2*1H. The quantitative estimate of drug-likeness (QED) is 0.813. The molecular weight excluding hydrogens is 229 g/mol. The van der Waals surface area contributed by atoms with Gasteiger partial charge in [0.25, 0.3) is 0 Å². The summed E-state index contributed by atoms with van der Waals surface area (Å²) in [6.45, 7) is 1.53. The predicted octanol–water partition coefficient (Wildman–Crippen LogP) is 0.644. The first-order valence-electron chi connectivity index (χ1n) is 3.63. The molecule has 1 heterocycles. The molecule has 0 unspecified atom stereocenters. The number of nitrogens with one attached hydrogen (secondary N) is 1. The fourth-order valence-corrected chi connectivity index (χ4v) is 0.834. The van der Waals surface area contributed by atoms with Crippen LogP contribution in [0.15, 0.2) is 12.5 Å². The third-order valence-corrected chi connectivity index (χ3v) is 1.47. The fraction of sp³-hybridized carbons (Fsp3) is 0.429. The molecule has 0 aliphatic heterocycles. The average Bonchev–Trinajstić information content (AvgIpc) is 2.48. The van der Waals surface area contributed by atoms with Gasteiger partial charge in [0.2, 0.25) is 0 Å². The molecule has 0 spiro atoms. The van der Waals surface area contributed by atoms with Crippen LogP contribution in [0.4, 0.5) is 0 Å². The Labute approximate surface area is 94.3 Å². The van der Waals surface area contributed by atoms with Gasteiger partial charge < -0.3 is 15.0 Å². The van der Waals surface area contributed by atoms with Crippen LogP contribution in [0.25, 0.3) is 0 Å². The summed E-state index contributed by atoms with van der Waals surface area (Å²) in [4.78, 5) is 14.1. The Hall–Kier alpha value is -0.780. The zero-order valence-electron chi connectivity index (χ0n) is 7.64. The highest BCUT2D eigenvalue weighted by Crippen LogP contribution is 1.94. The van der Waals surface area contributed by atoms with Gasteiger partial charge >= 0.3 is 5.97 Å². The van der Waals surface area contributed by atoms with E-state index in [1.54, 1.807) is 4.57 Å². The number of hydrogen-bond acceptors (Lipinski definition) is 3. The molecule has 0 amide bonds. The molecule has 7 heteroatoms. The Morgan fingerprint density at radius 2 is 2.29 bits per heavy atom. The number of rotatable bonds is 4. The molecule has 0 saturated heterocycles. The van der Waals surface area contributed by atoms with Crippen LogP contribution in [0.3, 0.4) is 0 Å². The Kier molecular flexibility index (Phi) is 8.52. The minimum absolute atomic E-state index is 0. The van der Waals surface area contributed by atoms with Gasteiger partial charge in [0, 0.05) is 19.3 Å². The fourth-order valence-electron chi connectivity index (χ4n) is 0.834. The van der Waals surface area contributed by atoms with Gasteiger partial charge in [-0.2, -0.15) is 0 Å². The van der Waals surface area contributed by atoms with Gasteiger partial charge in [-0.1, -0.05) is 0 Å². The number of nitrogens with zero attached hydrogens (tertiary/aromatic N) is 2. The smallest absolute Gasteiger partial charge is 0.356 e. The minimum atomic E-state index is -0.988. The normalized spacial score (nSPS) is 8.64. The molecule has 0 aliphatic rings. The zero-order valence-corrected chi connectivity index (χ0v) is 9.27. The van der Waals surface area contributed by atoms with E-state index in [4.69, 9.17) is 5.11 Å². The van der Waals surface area contributed by atoms with Gasteiger partial charge in [-0.3, -0.25) is 0 Å². The Morgan fingerprint density at radius 3 is 2.71 bits per heavy atom. The molecule has 2 N–H and O–H groups in total. The summed E-state index contributed by atoms with van der Waals surface area (Å²) in [5, 5.41) is 11.5. The van der Waals surface area contributed by atoms with E-state index in [0.717, 1.165) is 13.1 Å². The molecule has 0 bridgehead atoms. The molecule has 0 atom stereocenters. The maximum Gasteiger partial charge on any atom is 0.356 e. The molecule has 0 aromatic carbocycles. The van der Waals surface area contributed by atoms with Crippen LogP contribution in [-0.4, -0.2) is 34.2 Å². The first-order valence-corrected chi connectivity index (χ1v) is 3.63. The van der Waals surface area contributed by atoms with E-state index in [1.807, 2.05) is 7.05 Å². The van der Waals surface area contributed by atoms with Gasteiger partial charge in [0.05, 0.1) is 6.33 Å². The summed E-state index contributed by atoms with van der Waals surface area (Å²) in [6, 6.07) is 0. The summed E-state index contributed by atoms with van der Waals surface area (Å²) < 4.78 is 1.74. The van der Waals surface area contributed by atoms with Crippen molar-refractivity contribution in [2.45, 2.75) is 6.54 Å². The molecule has 1 aromatic rings. The SMILES string of the molecule is CNCCn1cnc(C(=O)O)c1.Cl.Cl. The maximum absolute atomic E-state index is 10.4. The molecule has 5 nitrogen and oxygen atoms in total. The van der Waals surface area contributed by atoms with Crippen molar-refractivity contribution in [3.8, 4) is 0 Å². The van der Waals surface area contributed by atoms with E-state index in [1.165, 1.54) is 12.5 Å². The lowest BCUT2D eigenvalue weighted by atomic mass is 10.5. The molecule has 1 aromatic heterocycles. The van der Waals surface area contributed by atoms with Crippen molar-refractivity contribution in [2.24, 2.45) is 0 Å². The highest BCUT2D eigenvalue weighted by Gasteiger charge is 2.05. The van der Waals surface area contributed by atoms with Crippen LogP contribution >= 0.6 is 24.8 Å². The van der Waals surface area contributed by atoms with Crippen LogP contribution in [0, 0.1) is 0 Å². The lowest BCUT2D eigenvalue weighted by Gasteiger charge is -1.98. The van der Waals surface area contributed by atoms with E-state index in [2.05, 4.69) is 10.3 Å². The van der Waals surface area contributed by atoms with E-state index in [9.17, 15) is 4.79 Å². The molecule has 14 heavy (non-hydrogen) atoms. The second-order valence-electron chi connectivity index (χ2n) is 2.41. The third-order valence-electron chi connectivity index (χ3n) is 1.47. The Morgan fingerprint density at radius 1 is 1.64 bits per heavy atom. The van der Waals surface area contributed by atoms with Crippen molar-refractivity contribution < 1.29 is 9.90 Å². The number of halogens is 2. The first kappa shape index (κ1) is 15.7. The van der Waals surface area contributed by atoms with Crippen molar-refractivity contribution in [2.75, 3.05) is 13.6 Å². The molecule has 82 valence electrons. The number of carboxylic acids is 1. The van der Waals surface area contributed by atoms with Gasteiger partial charge in [-0.05, 0) is 7.05 Å². The summed E-state index contributed by atoms with van der Waals surface area (Å²) in [7, 11) is 1.84. The minimum Gasteiger partial charge on any atom is -0.476 e. The Bertz CT molecular complexity index is 278. The monoisotopic (exact) mass is 241 g/mol. The molecule has 0 saturated carbocycles. The highest BCUT2D eigenvalue weighted by atomic mass is 35.5. The Balaban J connectivity index is 0. The number of carbonyl (C=O) groups is 1. The number of carboxylic acid groups (broad SMARTS) is 1. The lowest BCUT2D eigenvalue weighted by molar-refractivity contribution is 0.0691. The predicted molar refractivity (Wildman–Crippen MR) is 57.6 cm³/mol. The average molecular weight is 242 g/mol. The van der Waals surface area contributed by atoms with Gasteiger partial charge in [-0.15, -0.1) is 24.8 Å². The summed E-state index contributed by atoms with van der Waals surface area (Å²) in [5.74, 6) is -0.988. The van der Waals surface area contributed by atoms with E-state index in [0.29, 0.717) is 0 Å². The zero-order chi connectivity index (χ0) is 8.97. The molecule has 0 radical (unpaired) electrons. The number of aromatic carboxylic acids is 1. The second kappa shape index (κ2) is 7.61. The first-order chi connectivity index (χ1) is 5.74. The molecule has 1 rings (SSSR count).